The second kappa shape index (κ2) is 6.60. The molecule has 0 bridgehead atoms. The van der Waals surface area contributed by atoms with Gasteiger partial charge in [0, 0.05) is 25.2 Å². The van der Waals surface area contributed by atoms with Crippen LogP contribution in [0.1, 0.15) is 46.6 Å². The van der Waals surface area contributed by atoms with Gasteiger partial charge in [0.05, 0.1) is 11.7 Å². The lowest BCUT2D eigenvalue weighted by Gasteiger charge is -2.42. The molecule has 0 radical (unpaired) electrons. The summed E-state index contributed by atoms with van der Waals surface area (Å²) in [5.74, 6) is 2.02. The quantitative estimate of drug-likeness (QED) is 0.904. The van der Waals surface area contributed by atoms with Crippen molar-refractivity contribution < 1.29 is 4.74 Å². The monoisotopic (exact) mass is 292 g/mol. The van der Waals surface area contributed by atoms with E-state index in [-0.39, 0.29) is 11.7 Å². The molecule has 1 aliphatic rings. The molecule has 1 aliphatic heterocycles. The third kappa shape index (κ3) is 3.84. The lowest BCUT2D eigenvalue weighted by Crippen LogP contribution is -2.52. The maximum atomic E-state index is 5.99. The van der Waals surface area contributed by atoms with Gasteiger partial charge >= 0.3 is 0 Å². The number of hydrogen-bond donors (Lipinski definition) is 1. The van der Waals surface area contributed by atoms with Gasteiger partial charge in [0.15, 0.2) is 0 Å². The number of nitrogens with zero attached hydrogens (tertiary/aromatic N) is 3. The zero-order chi connectivity index (χ0) is 15.5. The Kier molecular flexibility index (Phi) is 5.04. The van der Waals surface area contributed by atoms with E-state index >= 15 is 0 Å². The fraction of sp³-hybridized carbons (Fsp3) is 0.750. The predicted molar refractivity (Wildman–Crippen MR) is 87.0 cm³/mol. The maximum absolute atomic E-state index is 5.99. The van der Waals surface area contributed by atoms with Gasteiger partial charge in [-0.15, -0.1) is 0 Å². The first-order valence-corrected chi connectivity index (χ1v) is 7.97. The van der Waals surface area contributed by atoms with Crippen LogP contribution in [0.15, 0.2) is 6.33 Å². The van der Waals surface area contributed by atoms with Crippen molar-refractivity contribution in [1.82, 2.24) is 9.97 Å². The van der Waals surface area contributed by atoms with Crippen molar-refractivity contribution in [1.29, 1.82) is 0 Å². The molecule has 5 nitrogen and oxygen atoms in total. The van der Waals surface area contributed by atoms with Crippen LogP contribution < -0.4 is 10.2 Å². The highest BCUT2D eigenvalue weighted by atomic mass is 16.5. The van der Waals surface area contributed by atoms with Crippen LogP contribution in [0, 0.1) is 0 Å². The van der Waals surface area contributed by atoms with Crippen LogP contribution in [0.5, 0.6) is 0 Å². The Morgan fingerprint density at radius 1 is 1.38 bits per heavy atom. The van der Waals surface area contributed by atoms with Gasteiger partial charge in [0.2, 0.25) is 0 Å². The molecule has 1 saturated heterocycles. The average Bonchev–Trinajstić information content (AvgIpc) is 2.42. The van der Waals surface area contributed by atoms with Gasteiger partial charge in [-0.3, -0.25) is 0 Å². The molecule has 2 rings (SSSR count). The maximum Gasteiger partial charge on any atom is 0.137 e. The third-order valence-electron chi connectivity index (χ3n) is 3.69. The molecule has 21 heavy (non-hydrogen) atoms. The molecular weight excluding hydrogens is 264 g/mol. The molecule has 0 spiro atoms. The Bertz CT molecular complexity index is 475. The third-order valence-corrected chi connectivity index (χ3v) is 3.69. The Balaban J connectivity index is 2.30. The standard InChI is InChI=1S/C16H28N4O/c1-6-8-17-14-13(7-2)15(19-11-18-14)20-9-12(3)21-16(4,5)10-20/h11-12H,6-10H2,1-5H3,(H,17,18,19). The summed E-state index contributed by atoms with van der Waals surface area (Å²) in [6, 6.07) is 0. The number of ether oxygens (including phenoxy) is 1. The summed E-state index contributed by atoms with van der Waals surface area (Å²) >= 11 is 0. The SMILES string of the molecule is CCCNc1ncnc(N2CC(C)OC(C)(C)C2)c1CC. The topological polar surface area (TPSA) is 50.3 Å². The summed E-state index contributed by atoms with van der Waals surface area (Å²) in [6.45, 7) is 13.4. The summed E-state index contributed by atoms with van der Waals surface area (Å²) < 4.78 is 5.99. The van der Waals surface area contributed by atoms with Crippen LogP contribution in [0.25, 0.3) is 0 Å². The molecular formula is C16H28N4O. The Hall–Kier alpha value is -1.36. The summed E-state index contributed by atoms with van der Waals surface area (Å²) in [4.78, 5) is 11.3. The minimum atomic E-state index is -0.148. The van der Waals surface area contributed by atoms with Crippen LogP contribution in [0.2, 0.25) is 0 Å². The zero-order valence-corrected chi connectivity index (χ0v) is 13.9. The van der Waals surface area contributed by atoms with Gasteiger partial charge < -0.3 is 15.0 Å². The summed E-state index contributed by atoms with van der Waals surface area (Å²) in [6.07, 6.45) is 3.89. The Morgan fingerprint density at radius 3 is 2.76 bits per heavy atom. The minimum absolute atomic E-state index is 0.148. The molecule has 118 valence electrons. The van der Waals surface area contributed by atoms with Gasteiger partial charge in [-0.2, -0.15) is 0 Å². The van der Waals surface area contributed by atoms with Crippen molar-refractivity contribution in [2.45, 2.75) is 59.2 Å². The smallest absolute Gasteiger partial charge is 0.137 e. The number of hydrogen-bond acceptors (Lipinski definition) is 5. The van der Waals surface area contributed by atoms with Crippen molar-refractivity contribution in [3.63, 3.8) is 0 Å². The molecule has 5 heteroatoms. The average molecular weight is 292 g/mol. The number of morpholine rings is 1. The molecule has 1 aromatic rings. The van der Waals surface area contributed by atoms with Crippen molar-refractivity contribution in [2.24, 2.45) is 0 Å². The highest BCUT2D eigenvalue weighted by Crippen LogP contribution is 2.29. The first-order valence-electron chi connectivity index (χ1n) is 7.97. The van der Waals surface area contributed by atoms with E-state index in [9.17, 15) is 0 Å². The number of anilines is 2. The van der Waals surface area contributed by atoms with E-state index in [2.05, 4.69) is 54.8 Å². The van der Waals surface area contributed by atoms with E-state index in [1.165, 1.54) is 5.56 Å². The van der Waals surface area contributed by atoms with Crippen molar-refractivity contribution in [3.05, 3.63) is 11.9 Å². The van der Waals surface area contributed by atoms with Gasteiger partial charge in [0.25, 0.3) is 0 Å². The van der Waals surface area contributed by atoms with Crippen LogP contribution >= 0.6 is 0 Å². The Labute approximate surface area is 128 Å². The van der Waals surface area contributed by atoms with E-state index in [1.807, 2.05) is 0 Å². The largest absolute Gasteiger partial charge is 0.370 e. The van der Waals surface area contributed by atoms with E-state index in [0.29, 0.717) is 0 Å². The summed E-state index contributed by atoms with van der Waals surface area (Å²) in [5, 5.41) is 3.42. The molecule has 0 aliphatic carbocycles. The molecule has 1 N–H and O–H groups in total. The van der Waals surface area contributed by atoms with Crippen molar-refractivity contribution >= 4 is 11.6 Å². The second-order valence-electron chi connectivity index (χ2n) is 6.37. The van der Waals surface area contributed by atoms with E-state index in [4.69, 9.17) is 4.74 Å². The van der Waals surface area contributed by atoms with E-state index in [0.717, 1.165) is 44.1 Å². The number of nitrogens with one attached hydrogen (secondary N) is 1. The fourth-order valence-corrected chi connectivity index (χ4v) is 3.01. The highest BCUT2D eigenvalue weighted by molar-refractivity contribution is 5.59. The molecule has 1 aromatic heterocycles. The first-order chi connectivity index (χ1) is 9.96. The number of aromatic nitrogens is 2. The lowest BCUT2D eigenvalue weighted by atomic mass is 10.0. The van der Waals surface area contributed by atoms with Crippen LogP contribution in [0.3, 0.4) is 0 Å². The van der Waals surface area contributed by atoms with E-state index in [1.54, 1.807) is 6.33 Å². The molecule has 0 amide bonds. The normalized spacial score (nSPS) is 21.4. The van der Waals surface area contributed by atoms with Gasteiger partial charge in [-0.1, -0.05) is 13.8 Å². The molecule has 0 saturated carbocycles. The summed E-state index contributed by atoms with van der Waals surface area (Å²) in [7, 11) is 0. The second-order valence-corrected chi connectivity index (χ2v) is 6.37. The van der Waals surface area contributed by atoms with Gasteiger partial charge in [-0.25, -0.2) is 9.97 Å². The van der Waals surface area contributed by atoms with Crippen molar-refractivity contribution in [2.75, 3.05) is 29.9 Å². The van der Waals surface area contributed by atoms with Crippen molar-refractivity contribution in [3.8, 4) is 0 Å². The molecule has 1 atom stereocenters. The van der Waals surface area contributed by atoms with Crippen LogP contribution in [-0.4, -0.2) is 41.3 Å². The first kappa shape index (κ1) is 16.0. The molecule has 2 heterocycles. The minimum Gasteiger partial charge on any atom is -0.370 e. The van der Waals surface area contributed by atoms with Crippen LogP contribution in [-0.2, 0) is 11.2 Å². The Morgan fingerprint density at radius 2 is 2.14 bits per heavy atom. The van der Waals surface area contributed by atoms with Crippen LogP contribution in [0.4, 0.5) is 11.6 Å². The molecule has 1 unspecified atom stereocenters. The predicted octanol–water partition coefficient (Wildman–Crippen LogP) is 2.86. The number of rotatable bonds is 5. The fourth-order valence-electron chi connectivity index (χ4n) is 3.01. The molecule has 0 aromatic carbocycles. The van der Waals surface area contributed by atoms with E-state index < -0.39 is 0 Å². The molecule has 1 fully saturated rings. The van der Waals surface area contributed by atoms with Gasteiger partial charge in [0.1, 0.15) is 18.0 Å². The zero-order valence-electron chi connectivity index (χ0n) is 13.9. The summed E-state index contributed by atoms with van der Waals surface area (Å²) in [5.41, 5.74) is 1.06. The van der Waals surface area contributed by atoms with Gasteiger partial charge in [-0.05, 0) is 33.6 Å². The lowest BCUT2D eigenvalue weighted by molar-refractivity contribution is -0.0752. The highest BCUT2D eigenvalue weighted by Gasteiger charge is 2.33.